The van der Waals surface area contributed by atoms with Gasteiger partial charge in [0.1, 0.15) is 18.3 Å². The molecular weight excluding hydrogens is 208 g/mol. The molecule has 0 bridgehead atoms. The monoisotopic (exact) mass is 224 g/mol. The standard InChI is InChI=1S/C9H16N6O/c1-2-3-6(10)9(11,12)7(16)8-14-4-13-5-15-8/h4-6H,2-3,10-12H2,1H3. The van der Waals surface area contributed by atoms with Gasteiger partial charge in [0.25, 0.3) is 0 Å². The first-order valence-electron chi connectivity index (χ1n) is 5.00. The van der Waals surface area contributed by atoms with Gasteiger partial charge in [0, 0.05) is 6.04 Å². The highest BCUT2D eigenvalue weighted by molar-refractivity contribution is 6.00. The number of hydrogen-bond donors (Lipinski definition) is 3. The van der Waals surface area contributed by atoms with E-state index in [0.717, 1.165) is 6.42 Å². The zero-order valence-electron chi connectivity index (χ0n) is 9.13. The van der Waals surface area contributed by atoms with E-state index in [0.29, 0.717) is 6.42 Å². The van der Waals surface area contributed by atoms with Crippen molar-refractivity contribution in [2.45, 2.75) is 31.5 Å². The molecule has 1 unspecified atom stereocenters. The molecule has 1 aromatic rings. The Morgan fingerprint density at radius 2 is 2.00 bits per heavy atom. The highest BCUT2D eigenvalue weighted by Crippen LogP contribution is 2.09. The molecule has 1 heterocycles. The van der Waals surface area contributed by atoms with Crippen LogP contribution in [0, 0.1) is 0 Å². The fourth-order valence-electron chi connectivity index (χ4n) is 1.27. The van der Waals surface area contributed by atoms with Crippen molar-refractivity contribution in [3.63, 3.8) is 0 Å². The SMILES string of the molecule is CCCC(N)C(N)(N)C(=O)c1ncncn1. The molecular formula is C9H16N6O. The van der Waals surface area contributed by atoms with Gasteiger partial charge in [-0.1, -0.05) is 13.3 Å². The summed E-state index contributed by atoms with van der Waals surface area (Å²) < 4.78 is 0. The fourth-order valence-corrected chi connectivity index (χ4v) is 1.27. The summed E-state index contributed by atoms with van der Waals surface area (Å²) in [5, 5.41) is 0. The fraction of sp³-hybridized carbons (Fsp3) is 0.556. The minimum absolute atomic E-state index is 0.0634. The quantitative estimate of drug-likeness (QED) is 0.422. The van der Waals surface area contributed by atoms with Crippen molar-refractivity contribution < 1.29 is 4.79 Å². The van der Waals surface area contributed by atoms with E-state index in [9.17, 15) is 4.79 Å². The lowest BCUT2D eigenvalue weighted by atomic mass is 9.94. The predicted octanol–water partition coefficient (Wildman–Crippen LogP) is -1.20. The van der Waals surface area contributed by atoms with Crippen LogP contribution in [0.25, 0.3) is 0 Å². The Labute approximate surface area is 93.5 Å². The Bertz CT molecular complexity index is 352. The maximum absolute atomic E-state index is 11.9. The van der Waals surface area contributed by atoms with E-state index in [4.69, 9.17) is 17.2 Å². The van der Waals surface area contributed by atoms with E-state index < -0.39 is 17.5 Å². The Morgan fingerprint density at radius 3 is 2.50 bits per heavy atom. The largest absolute Gasteiger partial charge is 0.325 e. The molecule has 0 aliphatic rings. The number of aromatic nitrogens is 3. The van der Waals surface area contributed by atoms with Crippen LogP contribution in [0.5, 0.6) is 0 Å². The molecule has 0 spiro atoms. The Kier molecular flexibility index (Phi) is 3.99. The van der Waals surface area contributed by atoms with E-state index in [2.05, 4.69) is 15.0 Å². The lowest BCUT2D eigenvalue weighted by Gasteiger charge is -2.28. The third-order valence-corrected chi connectivity index (χ3v) is 2.30. The summed E-state index contributed by atoms with van der Waals surface area (Å²) in [6.45, 7) is 1.93. The first-order valence-corrected chi connectivity index (χ1v) is 5.00. The van der Waals surface area contributed by atoms with Gasteiger partial charge in [-0.25, -0.2) is 15.0 Å². The van der Waals surface area contributed by atoms with Gasteiger partial charge in [0.15, 0.2) is 0 Å². The second-order valence-electron chi connectivity index (χ2n) is 3.62. The topological polar surface area (TPSA) is 134 Å². The van der Waals surface area contributed by atoms with Crippen LogP contribution in [0.4, 0.5) is 0 Å². The second kappa shape index (κ2) is 5.06. The lowest BCUT2D eigenvalue weighted by molar-refractivity contribution is 0.0852. The number of hydrogen-bond acceptors (Lipinski definition) is 7. The number of rotatable bonds is 5. The molecule has 16 heavy (non-hydrogen) atoms. The molecule has 0 aliphatic carbocycles. The minimum atomic E-state index is -1.64. The van der Waals surface area contributed by atoms with Crippen LogP contribution in [-0.4, -0.2) is 32.4 Å². The van der Waals surface area contributed by atoms with Gasteiger partial charge in [-0.15, -0.1) is 0 Å². The Hall–Kier alpha value is -1.44. The normalized spacial score (nSPS) is 13.5. The van der Waals surface area contributed by atoms with E-state index >= 15 is 0 Å². The first kappa shape index (κ1) is 12.6. The molecule has 0 aliphatic heterocycles. The van der Waals surface area contributed by atoms with E-state index in [-0.39, 0.29) is 5.82 Å². The summed E-state index contributed by atoms with van der Waals surface area (Å²) in [5.74, 6) is -0.637. The number of carbonyl (C=O) groups is 1. The number of nitrogens with zero attached hydrogens (tertiary/aromatic N) is 3. The molecule has 0 aromatic carbocycles. The summed E-state index contributed by atoms with van der Waals surface area (Å²) in [7, 11) is 0. The van der Waals surface area contributed by atoms with Crippen molar-refractivity contribution in [1.82, 2.24) is 15.0 Å². The second-order valence-corrected chi connectivity index (χ2v) is 3.62. The van der Waals surface area contributed by atoms with Crippen LogP contribution < -0.4 is 17.2 Å². The summed E-state index contributed by atoms with van der Waals surface area (Å²) in [4.78, 5) is 22.9. The Balaban J connectivity index is 2.88. The molecule has 0 saturated heterocycles. The van der Waals surface area contributed by atoms with Crippen LogP contribution in [-0.2, 0) is 0 Å². The average molecular weight is 224 g/mol. The molecule has 7 nitrogen and oxygen atoms in total. The highest BCUT2D eigenvalue weighted by atomic mass is 16.1. The van der Waals surface area contributed by atoms with E-state index in [1.165, 1.54) is 12.7 Å². The zero-order chi connectivity index (χ0) is 12.2. The van der Waals surface area contributed by atoms with Gasteiger partial charge in [0.2, 0.25) is 11.6 Å². The van der Waals surface area contributed by atoms with Crippen molar-refractivity contribution in [1.29, 1.82) is 0 Å². The summed E-state index contributed by atoms with van der Waals surface area (Å²) in [6, 6.07) is -0.623. The molecule has 0 radical (unpaired) electrons. The van der Waals surface area contributed by atoms with Crippen LogP contribution >= 0.6 is 0 Å². The minimum Gasteiger partial charge on any atom is -0.325 e. The van der Waals surface area contributed by atoms with Crippen LogP contribution in [0.3, 0.4) is 0 Å². The van der Waals surface area contributed by atoms with Gasteiger partial charge < -0.3 is 17.2 Å². The maximum atomic E-state index is 11.9. The molecule has 6 N–H and O–H groups in total. The van der Waals surface area contributed by atoms with Crippen molar-refractivity contribution >= 4 is 5.78 Å². The number of ketones is 1. The number of carbonyl (C=O) groups excluding carboxylic acids is 1. The molecule has 0 saturated carbocycles. The van der Waals surface area contributed by atoms with Gasteiger partial charge in [-0.05, 0) is 6.42 Å². The number of nitrogens with two attached hydrogens (primary N) is 3. The molecule has 88 valence electrons. The highest BCUT2D eigenvalue weighted by Gasteiger charge is 2.37. The molecule has 7 heteroatoms. The summed E-state index contributed by atoms with van der Waals surface area (Å²) >= 11 is 0. The zero-order valence-corrected chi connectivity index (χ0v) is 9.13. The third-order valence-electron chi connectivity index (χ3n) is 2.30. The van der Waals surface area contributed by atoms with Crippen molar-refractivity contribution in [2.24, 2.45) is 17.2 Å². The van der Waals surface area contributed by atoms with Gasteiger partial charge in [0.05, 0.1) is 0 Å². The predicted molar refractivity (Wildman–Crippen MR) is 58.1 cm³/mol. The third kappa shape index (κ3) is 2.57. The smallest absolute Gasteiger partial charge is 0.235 e. The van der Waals surface area contributed by atoms with Gasteiger partial charge in [-0.2, -0.15) is 0 Å². The van der Waals surface area contributed by atoms with Crippen LogP contribution in [0.1, 0.15) is 30.4 Å². The number of Topliss-reactive ketones (excluding diaryl/α,β-unsaturated/α-hetero) is 1. The lowest BCUT2D eigenvalue weighted by Crippen LogP contribution is -2.67. The molecule has 1 rings (SSSR count). The van der Waals surface area contributed by atoms with Gasteiger partial charge >= 0.3 is 0 Å². The Morgan fingerprint density at radius 1 is 1.44 bits per heavy atom. The van der Waals surface area contributed by atoms with E-state index in [1.54, 1.807) is 0 Å². The first-order chi connectivity index (χ1) is 7.50. The van der Waals surface area contributed by atoms with Gasteiger partial charge in [-0.3, -0.25) is 4.79 Å². The van der Waals surface area contributed by atoms with Crippen LogP contribution in [0.15, 0.2) is 12.7 Å². The molecule has 1 atom stereocenters. The van der Waals surface area contributed by atoms with Crippen molar-refractivity contribution in [3.8, 4) is 0 Å². The molecule has 1 aromatic heterocycles. The maximum Gasteiger partial charge on any atom is 0.235 e. The van der Waals surface area contributed by atoms with E-state index in [1.807, 2.05) is 6.92 Å². The summed E-state index contributed by atoms with van der Waals surface area (Å²) in [5.41, 5.74) is 15.6. The molecule has 0 amide bonds. The molecule has 0 fully saturated rings. The van der Waals surface area contributed by atoms with Crippen molar-refractivity contribution in [2.75, 3.05) is 0 Å². The van der Waals surface area contributed by atoms with Crippen molar-refractivity contribution in [3.05, 3.63) is 18.5 Å². The summed E-state index contributed by atoms with van der Waals surface area (Å²) in [6.07, 6.45) is 3.77. The average Bonchev–Trinajstić information content (AvgIpc) is 2.29. The van der Waals surface area contributed by atoms with Crippen LogP contribution in [0.2, 0.25) is 0 Å².